The van der Waals surface area contributed by atoms with Crippen molar-refractivity contribution in [1.29, 1.82) is 5.26 Å². The summed E-state index contributed by atoms with van der Waals surface area (Å²) in [7, 11) is 1.55. The van der Waals surface area contributed by atoms with Gasteiger partial charge < -0.3 is 10.1 Å². The highest BCUT2D eigenvalue weighted by Crippen LogP contribution is 2.19. The molecule has 2 aromatic carbocycles. The number of hydrogen-bond acceptors (Lipinski definition) is 3. The minimum absolute atomic E-state index is 0.0481. The molecule has 0 heterocycles. The Balaban J connectivity index is 2.23. The maximum Gasteiger partial charge on any atom is 0.266 e. The third-order valence-corrected chi connectivity index (χ3v) is 3.88. The molecule has 0 bridgehead atoms. The van der Waals surface area contributed by atoms with Crippen LogP contribution < -0.4 is 10.1 Å². The Labute approximate surface area is 142 Å². The van der Waals surface area contributed by atoms with E-state index in [0.717, 1.165) is 9.13 Å². The standard InChI is InChI=1S/C17H13IN2O2/c1-22-15-7-4-6-14(10-15)20-17(21)13(11-19)9-12-5-2-3-8-16(12)18/h2-10H,1H3,(H,20,21)/b13-9-. The Kier molecular flexibility index (Phi) is 5.55. The van der Waals surface area contributed by atoms with Crippen LogP contribution in [0.25, 0.3) is 6.08 Å². The predicted octanol–water partition coefficient (Wildman–Crippen LogP) is 3.85. The second-order valence-corrected chi connectivity index (χ2v) is 5.54. The Morgan fingerprint density at radius 3 is 2.73 bits per heavy atom. The van der Waals surface area contributed by atoms with Crippen molar-refractivity contribution >= 4 is 40.3 Å². The molecule has 0 aliphatic carbocycles. The number of anilines is 1. The van der Waals surface area contributed by atoms with Crippen molar-refractivity contribution in [3.05, 3.63) is 63.2 Å². The SMILES string of the molecule is COc1cccc(NC(=O)/C(C#N)=C\c2ccccc2I)c1. The molecule has 110 valence electrons. The third kappa shape index (κ3) is 4.09. The molecular formula is C17H13IN2O2. The number of benzene rings is 2. The number of carbonyl (C=O) groups is 1. The first-order valence-electron chi connectivity index (χ1n) is 6.46. The summed E-state index contributed by atoms with van der Waals surface area (Å²) >= 11 is 2.16. The zero-order valence-electron chi connectivity index (χ0n) is 11.8. The van der Waals surface area contributed by atoms with E-state index in [0.29, 0.717) is 11.4 Å². The minimum Gasteiger partial charge on any atom is -0.497 e. The lowest BCUT2D eigenvalue weighted by atomic mass is 10.1. The lowest BCUT2D eigenvalue weighted by Crippen LogP contribution is -2.13. The van der Waals surface area contributed by atoms with E-state index in [4.69, 9.17) is 4.74 Å². The fourth-order valence-electron chi connectivity index (χ4n) is 1.80. The number of nitrogens with zero attached hydrogens (tertiary/aromatic N) is 1. The molecule has 0 saturated heterocycles. The van der Waals surface area contributed by atoms with E-state index in [9.17, 15) is 10.1 Å². The van der Waals surface area contributed by atoms with Gasteiger partial charge in [0.25, 0.3) is 5.91 Å². The quantitative estimate of drug-likeness (QED) is 0.479. The van der Waals surface area contributed by atoms with Crippen molar-refractivity contribution in [3.8, 4) is 11.8 Å². The van der Waals surface area contributed by atoms with Gasteiger partial charge in [-0.1, -0.05) is 24.3 Å². The Morgan fingerprint density at radius 1 is 1.27 bits per heavy atom. The molecule has 1 amide bonds. The molecule has 0 saturated carbocycles. The van der Waals surface area contributed by atoms with Gasteiger partial charge in [0.05, 0.1) is 7.11 Å². The van der Waals surface area contributed by atoms with Gasteiger partial charge in [-0.25, -0.2) is 0 Å². The van der Waals surface area contributed by atoms with Crippen LogP contribution in [0.5, 0.6) is 5.75 Å². The predicted molar refractivity (Wildman–Crippen MR) is 94.4 cm³/mol. The first-order chi connectivity index (χ1) is 10.6. The van der Waals surface area contributed by atoms with Gasteiger partial charge in [-0.2, -0.15) is 5.26 Å². The summed E-state index contributed by atoms with van der Waals surface area (Å²) in [4.78, 5) is 12.2. The van der Waals surface area contributed by atoms with Crippen LogP contribution in [0, 0.1) is 14.9 Å². The monoisotopic (exact) mass is 404 g/mol. The van der Waals surface area contributed by atoms with Crippen LogP contribution in [-0.2, 0) is 4.79 Å². The van der Waals surface area contributed by atoms with E-state index in [1.807, 2.05) is 30.3 Å². The number of amides is 1. The van der Waals surface area contributed by atoms with E-state index >= 15 is 0 Å². The van der Waals surface area contributed by atoms with E-state index < -0.39 is 5.91 Å². The van der Waals surface area contributed by atoms with Crippen molar-refractivity contribution in [2.45, 2.75) is 0 Å². The number of hydrogen-bond donors (Lipinski definition) is 1. The van der Waals surface area contributed by atoms with E-state index in [1.54, 1.807) is 37.5 Å². The largest absolute Gasteiger partial charge is 0.497 e. The van der Waals surface area contributed by atoms with Gasteiger partial charge in [0.15, 0.2) is 0 Å². The molecule has 0 spiro atoms. The first-order valence-corrected chi connectivity index (χ1v) is 7.53. The average Bonchev–Trinajstić information content (AvgIpc) is 2.54. The molecule has 2 aromatic rings. The average molecular weight is 404 g/mol. The summed E-state index contributed by atoms with van der Waals surface area (Å²) in [6, 6.07) is 16.5. The number of carbonyl (C=O) groups excluding carboxylic acids is 1. The normalized spacial score (nSPS) is 10.7. The van der Waals surface area contributed by atoms with Crippen LogP contribution in [-0.4, -0.2) is 13.0 Å². The highest BCUT2D eigenvalue weighted by molar-refractivity contribution is 14.1. The first kappa shape index (κ1) is 16.0. The third-order valence-electron chi connectivity index (χ3n) is 2.90. The number of rotatable bonds is 4. The van der Waals surface area contributed by atoms with Crippen molar-refractivity contribution in [2.24, 2.45) is 0 Å². The molecule has 0 aliphatic heterocycles. The number of nitrogens with one attached hydrogen (secondary N) is 1. The highest BCUT2D eigenvalue weighted by Gasteiger charge is 2.10. The molecule has 1 N–H and O–H groups in total. The van der Waals surface area contributed by atoms with E-state index in [1.165, 1.54) is 0 Å². The summed E-state index contributed by atoms with van der Waals surface area (Å²) in [5, 5.41) is 11.9. The number of ether oxygens (including phenoxy) is 1. The fourth-order valence-corrected chi connectivity index (χ4v) is 2.34. The molecule has 0 aliphatic rings. The van der Waals surface area contributed by atoms with Crippen molar-refractivity contribution < 1.29 is 9.53 Å². The molecule has 0 aromatic heterocycles. The second-order valence-electron chi connectivity index (χ2n) is 4.38. The van der Waals surface area contributed by atoms with Crippen LogP contribution in [0.4, 0.5) is 5.69 Å². The maximum atomic E-state index is 12.2. The van der Waals surface area contributed by atoms with Crippen LogP contribution in [0.3, 0.4) is 0 Å². The summed E-state index contributed by atoms with van der Waals surface area (Å²) in [6.07, 6.45) is 1.58. The number of methoxy groups -OCH3 is 1. The van der Waals surface area contributed by atoms with Crippen LogP contribution in [0.2, 0.25) is 0 Å². The maximum absolute atomic E-state index is 12.2. The van der Waals surface area contributed by atoms with E-state index in [-0.39, 0.29) is 5.57 Å². The summed E-state index contributed by atoms with van der Waals surface area (Å²) in [5.74, 6) is 0.188. The van der Waals surface area contributed by atoms with Gasteiger partial charge in [0, 0.05) is 15.3 Å². The molecule has 0 fully saturated rings. The number of nitriles is 1. The van der Waals surface area contributed by atoms with Gasteiger partial charge >= 0.3 is 0 Å². The van der Waals surface area contributed by atoms with E-state index in [2.05, 4.69) is 27.9 Å². The van der Waals surface area contributed by atoms with Crippen molar-refractivity contribution in [3.63, 3.8) is 0 Å². The Morgan fingerprint density at radius 2 is 2.05 bits per heavy atom. The molecule has 2 rings (SSSR count). The lowest BCUT2D eigenvalue weighted by Gasteiger charge is -2.06. The summed E-state index contributed by atoms with van der Waals surface area (Å²) < 4.78 is 6.08. The highest BCUT2D eigenvalue weighted by atomic mass is 127. The topological polar surface area (TPSA) is 62.1 Å². The van der Waals surface area contributed by atoms with Gasteiger partial charge in [0.1, 0.15) is 17.4 Å². The van der Waals surface area contributed by atoms with Gasteiger partial charge in [-0.05, 0) is 52.4 Å². The van der Waals surface area contributed by atoms with Gasteiger partial charge in [0.2, 0.25) is 0 Å². The summed E-state index contributed by atoms with van der Waals surface area (Å²) in [6.45, 7) is 0. The van der Waals surface area contributed by atoms with Gasteiger partial charge in [-0.15, -0.1) is 0 Å². The number of halogens is 1. The molecule has 0 radical (unpaired) electrons. The smallest absolute Gasteiger partial charge is 0.266 e. The van der Waals surface area contributed by atoms with Crippen molar-refractivity contribution in [1.82, 2.24) is 0 Å². The Bertz CT molecular complexity index is 763. The van der Waals surface area contributed by atoms with Crippen LogP contribution >= 0.6 is 22.6 Å². The second kappa shape index (κ2) is 7.61. The molecule has 0 unspecified atom stereocenters. The minimum atomic E-state index is -0.449. The zero-order valence-corrected chi connectivity index (χ0v) is 14.0. The van der Waals surface area contributed by atoms with Crippen molar-refractivity contribution in [2.75, 3.05) is 12.4 Å². The molecular weight excluding hydrogens is 391 g/mol. The van der Waals surface area contributed by atoms with Gasteiger partial charge in [-0.3, -0.25) is 4.79 Å². The Hall–Kier alpha value is -2.33. The van der Waals surface area contributed by atoms with Crippen LogP contribution in [0.15, 0.2) is 54.1 Å². The summed E-state index contributed by atoms with van der Waals surface area (Å²) in [5.41, 5.74) is 1.46. The fraction of sp³-hybridized carbons (Fsp3) is 0.0588. The van der Waals surface area contributed by atoms with Crippen LogP contribution in [0.1, 0.15) is 5.56 Å². The zero-order chi connectivity index (χ0) is 15.9. The molecule has 4 nitrogen and oxygen atoms in total. The molecule has 0 atom stereocenters. The lowest BCUT2D eigenvalue weighted by molar-refractivity contribution is -0.112. The molecule has 5 heteroatoms. The molecule has 22 heavy (non-hydrogen) atoms.